The van der Waals surface area contributed by atoms with Gasteiger partial charge in [0.05, 0.1) is 0 Å². The van der Waals surface area contributed by atoms with Crippen LogP contribution in [-0.4, -0.2) is 23.5 Å². The van der Waals surface area contributed by atoms with Crippen LogP contribution in [0.5, 0.6) is 0 Å². The van der Waals surface area contributed by atoms with Gasteiger partial charge in [-0.05, 0) is 6.92 Å². The molecule has 0 heterocycles. The third-order valence-corrected chi connectivity index (χ3v) is 0.887. The zero-order valence-electron chi connectivity index (χ0n) is 7.25. The largest absolute Gasteiger partial charge is 0.387 e. The van der Waals surface area contributed by atoms with Crippen molar-refractivity contribution in [1.29, 1.82) is 0 Å². The molecule has 6 heteroatoms. The van der Waals surface area contributed by atoms with Gasteiger partial charge in [0.25, 0.3) is 0 Å². The van der Waals surface area contributed by atoms with Gasteiger partial charge in [-0.3, -0.25) is 14.4 Å². The summed E-state index contributed by atoms with van der Waals surface area (Å²) in [5.74, 6) is -3.52. The molecule has 0 aliphatic heterocycles. The summed E-state index contributed by atoms with van der Waals surface area (Å²) in [5.41, 5.74) is 0. The van der Waals surface area contributed by atoms with E-state index in [0.717, 1.165) is 6.92 Å². The van der Waals surface area contributed by atoms with Gasteiger partial charge in [0, 0.05) is 28.6 Å². The van der Waals surface area contributed by atoms with Gasteiger partial charge in [0.15, 0.2) is 0 Å². The minimum atomic E-state index is -1.23. The summed E-state index contributed by atoms with van der Waals surface area (Å²) in [4.78, 5) is 41.5. The van der Waals surface area contributed by atoms with E-state index in [2.05, 4.69) is 4.74 Å². The molecule has 5 nitrogen and oxygen atoms in total. The Hall–Kier alpha value is -0.806. The van der Waals surface area contributed by atoms with Gasteiger partial charge in [-0.15, -0.1) is 0 Å². The molecule has 0 atom stereocenters. The van der Waals surface area contributed by atoms with Crippen LogP contribution in [0, 0.1) is 0 Å². The number of rotatable bonds is 3. The number of esters is 2. The van der Waals surface area contributed by atoms with Crippen LogP contribution in [-0.2, 0) is 45.6 Å². The summed E-state index contributed by atoms with van der Waals surface area (Å²) < 4.78 is 3.97. The van der Waals surface area contributed by atoms with Crippen LogP contribution in [0.3, 0.4) is 0 Å². The van der Waals surface area contributed by atoms with Crippen LogP contribution in [0.1, 0.15) is 20.3 Å². The van der Waals surface area contributed by atoms with E-state index in [0.29, 0.717) is 0 Å². The third-order valence-electron chi connectivity index (χ3n) is 0.887. The Morgan fingerprint density at radius 2 is 1.54 bits per heavy atom. The van der Waals surface area contributed by atoms with Gasteiger partial charge < -0.3 is 4.74 Å². The van der Waals surface area contributed by atoms with E-state index in [1.54, 1.807) is 0 Å². The Morgan fingerprint density at radius 3 is 1.85 bits per heavy atom. The third kappa shape index (κ3) is 7.55. The van der Waals surface area contributed by atoms with Crippen LogP contribution < -0.4 is 0 Å². The summed E-state index contributed by atoms with van der Waals surface area (Å²) >= 11 is 0. The predicted octanol–water partition coefficient (Wildman–Crippen LogP) is -0.378. The van der Waals surface area contributed by atoms with Gasteiger partial charge in [0.2, 0.25) is 5.78 Å². The van der Waals surface area contributed by atoms with Crippen molar-refractivity contribution in [2.75, 3.05) is 0 Å². The summed E-state index contributed by atoms with van der Waals surface area (Å²) in [7, 11) is 0. The van der Waals surface area contributed by atoms with Gasteiger partial charge in [0.1, 0.15) is 12.2 Å². The summed E-state index contributed by atoms with van der Waals surface area (Å²) in [6.45, 7) is 2.16. The molecule has 0 aliphatic carbocycles. The fourth-order valence-corrected chi connectivity index (χ4v) is 0.415. The number of ketones is 2. The van der Waals surface area contributed by atoms with Gasteiger partial charge in [-0.25, -0.2) is 4.79 Å². The van der Waals surface area contributed by atoms with E-state index < -0.39 is 29.9 Å². The fourth-order valence-electron chi connectivity index (χ4n) is 0.415. The molecular weight excluding hydrogens is 212 g/mol. The Morgan fingerprint density at radius 1 is 1.08 bits per heavy atom. The minimum absolute atomic E-state index is 0. The normalized spacial score (nSPS) is 8.15. The second-order valence-electron chi connectivity index (χ2n) is 2.20. The zero-order chi connectivity index (χ0) is 9.72. The summed E-state index contributed by atoms with van der Waals surface area (Å²) in [6.07, 6.45) is -0.487. The maximum atomic E-state index is 10.6. The molecule has 0 aromatic carbocycles. The van der Waals surface area contributed by atoms with Gasteiger partial charge in [-0.1, -0.05) is 0 Å². The van der Waals surface area contributed by atoms with Crippen LogP contribution in [0.15, 0.2) is 0 Å². The van der Waals surface area contributed by atoms with Crippen molar-refractivity contribution in [3.8, 4) is 0 Å². The molecule has 0 fully saturated rings. The number of Topliss-reactive ketones (excluding diaryl/α,β-unsaturated/α-hetero) is 2. The van der Waals surface area contributed by atoms with Gasteiger partial charge >= 0.3 is 11.9 Å². The monoisotopic (exact) mass is 220 g/mol. The number of ether oxygens (including phenoxy) is 1. The quantitative estimate of drug-likeness (QED) is 0.280. The van der Waals surface area contributed by atoms with E-state index in [9.17, 15) is 19.2 Å². The molecule has 0 aromatic heterocycles. The SMILES string of the molecule is CC(=O)CC(=O)OC(=O)C(C)=O.[Ti]. The van der Waals surface area contributed by atoms with Crippen molar-refractivity contribution in [2.45, 2.75) is 20.3 Å². The standard InChI is InChI=1S/C7H8O5.Ti/c1-4(8)3-6(10)12-7(11)5(2)9;/h3H2,1-2H3;. The summed E-state index contributed by atoms with van der Waals surface area (Å²) in [6, 6.07) is 0. The van der Waals surface area contributed by atoms with Crippen molar-refractivity contribution in [2.24, 2.45) is 0 Å². The number of hydrogen-bond donors (Lipinski definition) is 0. The smallest absolute Gasteiger partial charge is 0.381 e. The van der Waals surface area contributed by atoms with E-state index in [-0.39, 0.29) is 21.7 Å². The molecule has 0 aromatic rings. The number of carbonyl (C=O) groups excluding carboxylic acids is 4. The van der Waals surface area contributed by atoms with E-state index in [1.165, 1.54) is 6.92 Å². The first kappa shape index (κ1) is 14.7. The molecule has 0 spiro atoms. The van der Waals surface area contributed by atoms with E-state index in [1.807, 2.05) is 0 Å². The Kier molecular flexibility index (Phi) is 7.56. The Labute approximate surface area is 89.7 Å². The Balaban J connectivity index is 0. The molecule has 0 bridgehead atoms. The molecular formula is C7H8O5Ti. The average Bonchev–Trinajstić information content (AvgIpc) is 1.84. The molecule has 70 valence electrons. The first-order valence-electron chi connectivity index (χ1n) is 3.18. The van der Waals surface area contributed by atoms with Gasteiger partial charge in [-0.2, -0.15) is 0 Å². The number of hydrogen-bond acceptors (Lipinski definition) is 5. The molecule has 0 unspecified atom stereocenters. The average molecular weight is 220 g/mol. The molecule has 0 N–H and O–H groups in total. The van der Waals surface area contributed by atoms with Crippen LogP contribution >= 0.6 is 0 Å². The van der Waals surface area contributed by atoms with Crippen molar-refractivity contribution in [3.63, 3.8) is 0 Å². The van der Waals surface area contributed by atoms with Crippen molar-refractivity contribution in [3.05, 3.63) is 0 Å². The van der Waals surface area contributed by atoms with Crippen molar-refractivity contribution < 1.29 is 45.6 Å². The van der Waals surface area contributed by atoms with E-state index >= 15 is 0 Å². The summed E-state index contributed by atoms with van der Waals surface area (Å²) in [5, 5.41) is 0. The molecule has 13 heavy (non-hydrogen) atoms. The maximum absolute atomic E-state index is 10.6. The molecule has 0 radical (unpaired) electrons. The molecule has 0 saturated carbocycles. The zero-order valence-corrected chi connectivity index (χ0v) is 8.81. The fraction of sp³-hybridized carbons (Fsp3) is 0.429. The topological polar surface area (TPSA) is 77.5 Å². The van der Waals surface area contributed by atoms with E-state index in [4.69, 9.17) is 0 Å². The second kappa shape index (κ2) is 6.68. The maximum Gasteiger partial charge on any atom is 0.381 e. The first-order chi connectivity index (χ1) is 5.43. The second-order valence-corrected chi connectivity index (χ2v) is 2.20. The van der Waals surface area contributed by atoms with Crippen molar-refractivity contribution >= 4 is 23.5 Å². The van der Waals surface area contributed by atoms with Crippen molar-refractivity contribution in [1.82, 2.24) is 0 Å². The minimum Gasteiger partial charge on any atom is -0.387 e. The van der Waals surface area contributed by atoms with Crippen LogP contribution in [0.2, 0.25) is 0 Å². The molecule has 0 aliphatic rings. The van der Waals surface area contributed by atoms with Crippen LogP contribution in [0.4, 0.5) is 0 Å². The number of carbonyl (C=O) groups is 4. The van der Waals surface area contributed by atoms with Crippen LogP contribution in [0.25, 0.3) is 0 Å². The predicted molar refractivity (Wildman–Crippen MR) is 37.1 cm³/mol. The first-order valence-corrected chi connectivity index (χ1v) is 3.18. The molecule has 0 amide bonds. The molecule has 0 saturated heterocycles. The Bertz CT molecular complexity index is 245. The molecule has 0 rings (SSSR count).